The van der Waals surface area contributed by atoms with Crippen molar-refractivity contribution in [2.24, 2.45) is 5.92 Å². The van der Waals surface area contributed by atoms with Gasteiger partial charge in [-0.2, -0.15) is 0 Å². The monoisotopic (exact) mass is 430 g/mol. The summed E-state index contributed by atoms with van der Waals surface area (Å²) in [5.41, 5.74) is -0.0405. The first-order valence-corrected chi connectivity index (χ1v) is 9.57. The van der Waals surface area contributed by atoms with E-state index in [0.717, 1.165) is 25.0 Å². The fourth-order valence-corrected chi connectivity index (χ4v) is 3.05. The van der Waals surface area contributed by atoms with Crippen LogP contribution >= 0.6 is 22.6 Å². The predicted octanol–water partition coefficient (Wildman–Crippen LogP) is 5.54. The van der Waals surface area contributed by atoms with Gasteiger partial charge >= 0.3 is 5.97 Å². The zero-order chi connectivity index (χ0) is 17.1. The molecule has 0 radical (unpaired) electrons. The first-order valence-electron chi connectivity index (χ1n) is 8.49. The van der Waals surface area contributed by atoms with Gasteiger partial charge in [-0.15, -0.1) is 0 Å². The van der Waals surface area contributed by atoms with Crippen LogP contribution in [0.1, 0.15) is 59.8 Å². The van der Waals surface area contributed by atoms with Gasteiger partial charge in [0, 0.05) is 0 Å². The summed E-state index contributed by atoms with van der Waals surface area (Å²) in [7, 11) is 0. The minimum Gasteiger partial charge on any atom is -0.487 e. The molecule has 0 spiro atoms. The molecule has 0 bridgehead atoms. The third kappa shape index (κ3) is 4.40. The van der Waals surface area contributed by atoms with Crippen molar-refractivity contribution in [1.29, 1.82) is 0 Å². The number of halogens is 1. The molecule has 1 aromatic carbocycles. The quantitative estimate of drug-likeness (QED) is 0.257. The van der Waals surface area contributed by atoms with Crippen LogP contribution in [0.2, 0.25) is 0 Å². The van der Waals surface area contributed by atoms with Gasteiger partial charge in [0.2, 0.25) is 0 Å². The van der Waals surface area contributed by atoms with Gasteiger partial charge in [0.05, 0.1) is 0 Å². The first-order chi connectivity index (χ1) is 10.8. The lowest BCUT2D eigenvalue weighted by Gasteiger charge is -2.34. The van der Waals surface area contributed by atoms with Crippen molar-refractivity contribution in [2.75, 3.05) is 0 Å². The van der Waals surface area contributed by atoms with Gasteiger partial charge in [-0.3, -0.25) is 4.79 Å². The average molecular weight is 430 g/mol. The van der Waals surface area contributed by atoms with E-state index < -0.39 is 3.42 Å². The molecule has 0 amide bonds. The molecule has 1 fully saturated rings. The van der Waals surface area contributed by atoms with Crippen molar-refractivity contribution in [2.45, 2.75) is 68.8 Å². The van der Waals surface area contributed by atoms with Gasteiger partial charge in [-0.05, 0) is 69.2 Å². The number of rotatable bonds is 6. The van der Waals surface area contributed by atoms with Crippen molar-refractivity contribution in [1.82, 2.24) is 0 Å². The molecule has 0 aliphatic heterocycles. The highest BCUT2D eigenvalue weighted by atomic mass is 127. The smallest absolute Gasteiger partial charge is 0.327 e. The number of esters is 1. The Morgan fingerprint density at radius 2 is 1.74 bits per heavy atom. The number of alkyl halides is 1. The summed E-state index contributed by atoms with van der Waals surface area (Å²) in [6.45, 7) is 8.33. The minimum absolute atomic E-state index is 0.0405. The van der Waals surface area contributed by atoms with E-state index in [-0.39, 0.29) is 11.6 Å². The third-order valence-corrected chi connectivity index (χ3v) is 6.15. The molecule has 0 saturated heterocycles. The molecule has 3 nitrogen and oxygen atoms in total. The number of ether oxygens (including phenoxy) is 2. The summed E-state index contributed by atoms with van der Waals surface area (Å²) in [5, 5.41) is 0. The maximum atomic E-state index is 12.1. The van der Waals surface area contributed by atoms with E-state index in [0.29, 0.717) is 11.7 Å². The molecule has 1 aromatic rings. The number of carbonyl (C=O) groups is 1. The number of hydrogen-bond donors (Lipinski definition) is 0. The van der Waals surface area contributed by atoms with Gasteiger partial charge in [0.1, 0.15) is 20.5 Å². The second-order valence-electron chi connectivity index (χ2n) is 6.94. The Morgan fingerprint density at radius 3 is 2.22 bits per heavy atom. The lowest BCUT2D eigenvalue weighted by molar-refractivity contribution is -0.136. The summed E-state index contributed by atoms with van der Waals surface area (Å²) in [6, 6.07) is 7.44. The van der Waals surface area contributed by atoms with Crippen molar-refractivity contribution in [3.8, 4) is 11.5 Å². The second-order valence-corrected chi connectivity index (χ2v) is 9.32. The molecule has 23 heavy (non-hydrogen) atoms. The Kier molecular flexibility index (Phi) is 5.98. The molecule has 1 aliphatic carbocycles. The Hall–Kier alpha value is -0.780. The maximum absolute atomic E-state index is 12.1. The van der Waals surface area contributed by atoms with Crippen LogP contribution in [-0.4, -0.2) is 15.0 Å². The average Bonchev–Trinajstić information content (AvgIpc) is 2.99. The van der Waals surface area contributed by atoms with Crippen LogP contribution in [0.25, 0.3) is 0 Å². The molecular formula is C19H27IO3. The maximum Gasteiger partial charge on any atom is 0.327 e. The molecule has 1 aliphatic rings. The minimum atomic E-state index is -0.488. The van der Waals surface area contributed by atoms with Crippen LogP contribution in [0.3, 0.4) is 0 Å². The van der Waals surface area contributed by atoms with E-state index in [1.807, 2.05) is 38.1 Å². The molecule has 0 N–H and O–H groups in total. The summed E-state index contributed by atoms with van der Waals surface area (Å²) in [6.07, 6.45) is 5.44. The van der Waals surface area contributed by atoms with Crippen LogP contribution in [0, 0.1) is 5.92 Å². The van der Waals surface area contributed by atoms with Crippen LogP contribution in [0.15, 0.2) is 24.3 Å². The number of hydrogen-bond acceptors (Lipinski definition) is 3. The predicted molar refractivity (Wildman–Crippen MR) is 101 cm³/mol. The van der Waals surface area contributed by atoms with Gasteiger partial charge in [-0.1, -0.05) is 43.4 Å². The summed E-state index contributed by atoms with van der Waals surface area (Å²) < 4.78 is 11.3. The van der Waals surface area contributed by atoms with E-state index in [2.05, 4.69) is 36.4 Å². The third-order valence-electron chi connectivity index (χ3n) is 4.95. The zero-order valence-electron chi connectivity index (χ0n) is 14.5. The fraction of sp³-hybridized carbons (Fsp3) is 0.632. The van der Waals surface area contributed by atoms with Gasteiger partial charge < -0.3 is 9.47 Å². The van der Waals surface area contributed by atoms with Crippen LogP contribution in [0.4, 0.5) is 0 Å². The topological polar surface area (TPSA) is 35.5 Å². The largest absolute Gasteiger partial charge is 0.487 e. The SMILES string of the molecule is CCC(C)(I)C(=O)Oc1ccc(OC2(C(C)C)CCCC2)cc1. The van der Waals surface area contributed by atoms with E-state index >= 15 is 0 Å². The molecule has 0 heterocycles. The van der Waals surface area contributed by atoms with Gasteiger partial charge in [0.15, 0.2) is 0 Å². The second kappa shape index (κ2) is 7.41. The Morgan fingerprint density at radius 1 is 1.22 bits per heavy atom. The summed E-state index contributed by atoms with van der Waals surface area (Å²) in [4.78, 5) is 12.1. The molecule has 2 rings (SSSR count). The highest BCUT2D eigenvalue weighted by Crippen LogP contribution is 2.40. The van der Waals surface area contributed by atoms with E-state index in [4.69, 9.17) is 9.47 Å². The molecule has 1 unspecified atom stereocenters. The van der Waals surface area contributed by atoms with Crippen LogP contribution in [0.5, 0.6) is 11.5 Å². The number of carbonyl (C=O) groups excluding carboxylic acids is 1. The lowest BCUT2D eigenvalue weighted by atomic mass is 9.88. The van der Waals surface area contributed by atoms with E-state index in [1.54, 1.807) is 0 Å². The summed E-state index contributed by atoms with van der Waals surface area (Å²) in [5.74, 6) is 1.72. The first kappa shape index (κ1) is 18.6. The molecule has 4 heteroatoms. The van der Waals surface area contributed by atoms with Crippen molar-refractivity contribution in [3.05, 3.63) is 24.3 Å². The van der Waals surface area contributed by atoms with E-state index in [9.17, 15) is 4.79 Å². The van der Waals surface area contributed by atoms with Crippen LogP contribution in [-0.2, 0) is 4.79 Å². The van der Waals surface area contributed by atoms with Crippen molar-refractivity contribution in [3.63, 3.8) is 0 Å². The zero-order valence-corrected chi connectivity index (χ0v) is 16.7. The van der Waals surface area contributed by atoms with Crippen molar-refractivity contribution < 1.29 is 14.3 Å². The number of benzene rings is 1. The van der Waals surface area contributed by atoms with Crippen molar-refractivity contribution >= 4 is 28.6 Å². The Bertz CT molecular complexity index is 528. The van der Waals surface area contributed by atoms with Gasteiger partial charge in [-0.25, -0.2) is 0 Å². The fourth-order valence-electron chi connectivity index (χ4n) is 2.94. The normalized spacial score (nSPS) is 19.4. The highest BCUT2D eigenvalue weighted by molar-refractivity contribution is 14.1. The molecule has 1 atom stereocenters. The molecule has 0 aromatic heterocycles. The molecular weight excluding hydrogens is 403 g/mol. The summed E-state index contributed by atoms with van der Waals surface area (Å²) >= 11 is 2.14. The van der Waals surface area contributed by atoms with Crippen LogP contribution < -0.4 is 9.47 Å². The highest BCUT2D eigenvalue weighted by Gasteiger charge is 2.39. The van der Waals surface area contributed by atoms with Gasteiger partial charge in [0.25, 0.3) is 0 Å². The molecule has 1 saturated carbocycles. The Labute approximate surface area is 153 Å². The lowest BCUT2D eigenvalue weighted by Crippen LogP contribution is -2.38. The van der Waals surface area contributed by atoms with E-state index in [1.165, 1.54) is 12.8 Å². The standard InChI is InChI=1S/C19H27IO3/c1-5-18(4,20)17(21)22-15-8-10-16(11-9-15)23-19(14(2)3)12-6-7-13-19/h8-11,14H,5-7,12-13H2,1-4H3. The molecule has 128 valence electrons. The Balaban J connectivity index is 2.04.